The van der Waals surface area contributed by atoms with Gasteiger partial charge in [0.2, 0.25) is 0 Å². The number of halogens is 1. The molecule has 1 aliphatic rings. The lowest BCUT2D eigenvalue weighted by molar-refractivity contribution is 0.0944. The van der Waals surface area contributed by atoms with E-state index in [0.29, 0.717) is 29.0 Å². The van der Waals surface area contributed by atoms with Crippen molar-refractivity contribution in [3.05, 3.63) is 40.2 Å². The normalized spacial score (nSPS) is 13.6. The van der Waals surface area contributed by atoms with Gasteiger partial charge in [-0.05, 0) is 30.3 Å². The highest BCUT2D eigenvalue weighted by Gasteiger charge is 2.19. The third-order valence-corrected chi connectivity index (χ3v) is 5.89. The number of rotatable bonds is 4. The maximum absolute atomic E-state index is 12.1. The van der Waals surface area contributed by atoms with Crippen LogP contribution in [0.3, 0.4) is 0 Å². The molecule has 2 aromatic rings. The van der Waals surface area contributed by atoms with Crippen LogP contribution in [0.4, 0.5) is 0 Å². The van der Waals surface area contributed by atoms with Crippen molar-refractivity contribution in [2.75, 3.05) is 13.2 Å². The quantitative estimate of drug-likeness (QED) is 0.796. The molecule has 0 unspecified atom stereocenters. The Morgan fingerprint density at radius 2 is 1.87 bits per heavy atom. The maximum atomic E-state index is 12.1. The summed E-state index contributed by atoms with van der Waals surface area (Å²) in [5.41, 5.74) is 2.38. The molecule has 0 fully saturated rings. The summed E-state index contributed by atoms with van der Waals surface area (Å²) in [5, 5.41) is 0. The molecule has 2 N–H and O–H groups in total. The Labute approximate surface area is 141 Å². The minimum absolute atomic E-state index is 0.00461. The van der Waals surface area contributed by atoms with E-state index in [9.17, 15) is 13.2 Å². The van der Waals surface area contributed by atoms with Crippen molar-refractivity contribution in [1.29, 1.82) is 0 Å². The smallest absolute Gasteiger partial charge is 0.266 e. The molecule has 0 bridgehead atoms. The van der Waals surface area contributed by atoms with Gasteiger partial charge < -0.3 is 9.47 Å². The molecule has 0 aliphatic carbocycles. The standard InChI is InChI=1S/C13H11ClN2O5S2/c14-11-3-4-12(22-11)23(18,19)16-15-13(17)8-1-2-9-10(7-8)21-6-5-20-9/h1-4,7,16H,5-6H2,(H,15,17). The van der Waals surface area contributed by atoms with Gasteiger partial charge in [0.05, 0.1) is 4.34 Å². The van der Waals surface area contributed by atoms with Crippen LogP contribution in [0, 0.1) is 0 Å². The molecule has 23 heavy (non-hydrogen) atoms. The first-order chi connectivity index (χ1) is 11.0. The molecule has 0 radical (unpaired) electrons. The lowest BCUT2D eigenvalue weighted by Gasteiger charge is -2.18. The number of ether oxygens (including phenoxy) is 2. The Morgan fingerprint density at radius 3 is 2.57 bits per heavy atom. The molecule has 1 aromatic carbocycles. The molecule has 3 rings (SSSR count). The molecule has 10 heteroatoms. The van der Waals surface area contributed by atoms with Crippen molar-refractivity contribution in [2.24, 2.45) is 0 Å². The van der Waals surface area contributed by atoms with Gasteiger partial charge in [-0.2, -0.15) is 0 Å². The third kappa shape index (κ3) is 3.58. The number of amides is 1. The average Bonchev–Trinajstić information content (AvgIpc) is 2.99. The second-order valence-corrected chi connectivity index (χ2v) is 8.10. The van der Waals surface area contributed by atoms with Crippen molar-refractivity contribution in [1.82, 2.24) is 10.3 Å². The van der Waals surface area contributed by atoms with Gasteiger partial charge in [0.15, 0.2) is 11.5 Å². The minimum atomic E-state index is -3.86. The number of fused-ring (bicyclic) bond motifs is 1. The molecule has 7 nitrogen and oxygen atoms in total. The van der Waals surface area contributed by atoms with Gasteiger partial charge >= 0.3 is 0 Å². The van der Waals surface area contributed by atoms with Gasteiger partial charge in [-0.3, -0.25) is 10.2 Å². The molecule has 0 saturated heterocycles. The van der Waals surface area contributed by atoms with Crippen molar-refractivity contribution in [3.63, 3.8) is 0 Å². The van der Waals surface area contributed by atoms with Crippen LogP contribution in [-0.4, -0.2) is 27.5 Å². The molecular formula is C13H11ClN2O5S2. The van der Waals surface area contributed by atoms with Crippen LogP contribution in [0.1, 0.15) is 10.4 Å². The van der Waals surface area contributed by atoms with E-state index in [4.69, 9.17) is 21.1 Å². The predicted molar refractivity (Wildman–Crippen MR) is 84.5 cm³/mol. The molecule has 0 saturated carbocycles. The van der Waals surface area contributed by atoms with E-state index in [2.05, 4.69) is 5.43 Å². The Hall–Kier alpha value is -1.81. The van der Waals surface area contributed by atoms with Crippen LogP contribution in [0.15, 0.2) is 34.5 Å². The fourth-order valence-corrected chi connectivity index (χ4v) is 4.18. The van der Waals surface area contributed by atoms with E-state index in [0.717, 1.165) is 11.3 Å². The lowest BCUT2D eigenvalue weighted by Crippen LogP contribution is -2.41. The highest BCUT2D eigenvalue weighted by molar-refractivity contribution is 7.91. The summed E-state index contributed by atoms with van der Waals surface area (Å²) in [6.07, 6.45) is 0. The molecule has 0 spiro atoms. The number of hydrazine groups is 1. The second kappa shape index (κ2) is 6.36. The third-order valence-electron chi connectivity index (χ3n) is 2.92. The number of sulfonamides is 1. The Bertz CT molecular complexity index is 850. The highest BCUT2D eigenvalue weighted by Crippen LogP contribution is 2.30. The van der Waals surface area contributed by atoms with Crippen LogP contribution in [0.25, 0.3) is 0 Å². The average molecular weight is 375 g/mol. The van der Waals surface area contributed by atoms with Crippen molar-refractivity contribution in [2.45, 2.75) is 4.21 Å². The van der Waals surface area contributed by atoms with E-state index < -0.39 is 15.9 Å². The van der Waals surface area contributed by atoms with Crippen LogP contribution < -0.4 is 19.7 Å². The first kappa shape index (κ1) is 16.1. The first-order valence-electron chi connectivity index (χ1n) is 6.43. The number of benzene rings is 1. The molecule has 1 amide bonds. The van der Waals surface area contributed by atoms with E-state index in [1.54, 1.807) is 6.07 Å². The van der Waals surface area contributed by atoms with E-state index in [1.165, 1.54) is 24.3 Å². The topological polar surface area (TPSA) is 93.7 Å². The van der Waals surface area contributed by atoms with Crippen LogP contribution in [-0.2, 0) is 10.0 Å². The number of carbonyl (C=O) groups is 1. The van der Waals surface area contributed by atoms with E-state index in [1.807, 2.05) is 4.83 Å². The van der Waals surface area contributed by atoms with Gasteiger partial charge in [-0.25, -0.2) is 8.42 Å². The van der Waals surface area contributed by atoms with Gasteiger partial charge in [-0.15, -0.1) is 16.2 Å². The van der Waals surface area contributed by atoms with E-state index in [-0.39, 0.29) is 9.77 Å². The number of carbonyl (C=O) groups excluding carboxylic acids is 1. The van der Waals surface area contributed by atoms with Crippen molar-refractivity contribution in [3.8, 4) is 11.5 Å². The zero-order valence-electron chi connectivity index (χ0n) is 11.5. The molecular weight excluding hydrogens is 364 g/mol. The Kier molecular flexibility index (Phi) is 4.44. The van der Waals surface area contributed by atoms with Gasteiger partial charge in [0.25, 0.3) is 15.9 Å². The minimum Gasteiger partial charge on any atom is -0.486 e. The predicted octanol–water partition coefficient (Wildman–Crippen LogP) is 1.80. The first-order valence-corrected chi connectivity index (χ1v) is 9.10. The van der Waals surface area contributed by atoms with Gasteiger partial charge in [0, 0.05) is 5.56 Å². The fourth-order valence-electron chi connectivity index (χ4n) is 1.86. The number of hydrogen-bond donors (Lipinski definition) is 2. The zero-order valence-corrected chi connectivity index (χ0v) is 13.9. The number of hydrogen-bond acceptors (Lipinski definition) is 6. The van der Waals surface area contributed by atoms with Crippen LogP contribution in [0.5, 0.6) is 11.5 Å². The monoisotopic (exact) mass is 374 g/mol. The summed E-state index contributed by atoms with van der Waals surface area (Å²) in [6, 6.07) is 7.41. The van der Waals surface area contributed by atoms with Crippen molar-refractivity contribution < 1.29 is 22.7 Å². The Balaban J connectivity index is 1.70. The molecule has 0 atom stereocenters. The van der Waals surface area contributed by atoms with Crippen LogP contribution >= 0.6 is 22.9 Å². The van der Waals surface area contributed by atoms with Gasteiger partial charge in [0.1, 0.15) is 17.4 Å². The maximum Gasteiger partial charge on any atom is 0.266 e. The van der Waals surface area contributed by atoms with Gasteiger partial charge in [-0.1, -0.05) is 11.6 Å². The van der Waals surface area contributed by atoms with Crippen molar-refractivity contribution >= 4 is 38.9 Å². The summed E-state index contributed by atoms with van der Waals surface area (Å²) in [4.78, 5) is 14.1. The lowest BCUT2D eigenvalue weighted by atomic mass is 10.2. The molecule has 2 heterocycles. The van der Waals surface area contributed by atoms with E-state index >= 15 is 0 Å². The Morgan fingerprint density at radius 1 is 1.13 bits per heavy atom. The molecule has 1 aromatic heterocycles. The van der Waals surface area contributed by atoms with Crippen LogP contribution in [0.2, 0.25) is 4.34 Å². The zero-order chi connectivity index (χ0) is 16.4. The number of nitrogens with one attached hydrogen (secondary N) is 2. The summed E-state index contributed by atoms with van der Waals surface area (Å²) in [7, 11) is -3.86. The summed E-state index contributed by atoms with van der Waals surface area (Å²) in [5.74, 6) is 0.367. The molecule has 1 aliphatic heterocycles. The SMILES string of the molecule is O=C(NNS(=O)(=O)c1ccc(Cl)s1)c1ccc2c(c1)OCCO2. The summed E-state index contributed by atoms with van der Waals surface area (Å²) < 4.78 is 35.1. The second-order valence-electron chi connectivity index (χ2n) is 4.48. The highest BCUT2D eigenvalue weighted by atomic mass is 35.5. The largest absolute Gasteiger partial charge is 0.486 e. The summed E-state index contributed by atoms with van der Waals surface area (Å²) in [6.45, 7) is 0.839. The molecule has 122 valence electrons. The summed E-state index contributed by atoms with van der Waals surface area (Å²) >= 11 is 6.59. The fraction of sp³-hybridized carbons (Fsp3) is 0.154. The number of thiophene rings is 1.